The first-order valence-corrected chi connectivity index (χ1v) is 7.25. The molecule has 1 unspecified atom stereocenters. The van der Waals surface area contributed by atoms with E-state index in [0.29, 0.717) is 11.7 Å². The van der Waals surface area contributed by atoms with Crippen molar-refractivity contribution in [2.75, 3.05) is 29.7 Å². The van der Waals surface area contributed by atoms with Gasteiger partial charge in [0.1, 0.15) is 0 Å². The Morgan fingerprint density at radius 1 is 1.56 bits per heavy atom. The van der Waals surface area contributed by atoms with E-state index in [2.05, 4.69) is 18.1 Å². The summed E-state index contributed by atoms with van der Waals surface area (Å²) in [6.07, 6.45) is 3.10. The highest BCUT2D eigenvalue weighted by Gasteiger charge is 2.16. The van der Waals surface area contributed by atoms with Gasteiger partial charge in [0, 0.05) is 18.8 Å². The molecule has 18 heavy (non-hydrogen) atoms. The molecule has 0 bridgehead atoms. The van der Waals surface area contributed by atoms with Crippen LogP contribution in [-0.4, -0.2) is 36.2 Å². The predicted molar refractivity (Wildman–Crippen MR) is 78.7 cm³/mol. The van der Waals surface area contributed by atoms with Crippen LogP contribution in [0.15, 0.2) is 18.2 Å². The fraction of sp³-hybridized carbons (Fsp3) is 0.462. The quantitative estimate of drug-likeness (QED) is 0.776. The monoisotopic (exact) mass is 268 g/mol. The number of hydrogen-bond acceptors (Lipinski definition) is 4. The van der Waals surface area contributed by atoms with Crippen molar-refractivity contribution in [2.24, 2.45) is 0 Å². The van der Waals surface area contributed by atoms with Gasteiger partial charge in [-0.05, 0) is 30.9 Å². The molecule has 0 fully saturated rings. The summed E-state index contributed by atoms with van der Waals surface area (Å²) in [6, 6.07) is 5.29. The van der Waals surface area contributed by atoms with E-state index in [-0.39, 0.29) is 5.56 Å². The molecule has 0 aliphatic heterocycles. The van der Waals surface area contributed by atoms with Gasteiger partial charge in [-0.15, -0.1) is 0 Å². The van der Waals surface area contributed by atoms with E-state index in [1.54, 1.807) is 23.9 Å². The number of aromatic carboxylic acids is 1. The minimum Gasteiger partial charge on any atom is -0.478 e. The van der Waals surface area contributed by atoms with Crippen LogP contribution >= 0.6 is 11.8 Å². The summed E-state index contributed by atoms with van der Waals surface area (Å²) in [5, 5.41) is 8.91. The second kappa shape index (κ2) is 6.54. The molecular weight excluding hydrogens is 248 g/mol. The van der Waals surface area contributed by atoms with Gasteiger partial charge in [-0.1, -0.05) is 6.92 Å². The predicted octanol–water partition coefficient (Wildman–Crippen LogP) is 2.54. The Hall–Kier alpha value is -1.36. The molecule has 1 aromatic rings. The summed E-state index contributed by atoms with van der Waals surface area (Å²) < 4.78 is 0. The smallest absolute Gasteiger partial charge is 0.335 e. The summed E-state index contributed by atoms with van der Waals surface area (Å²) in [4.78, 5) is 13.0. The van der Waals surface area contributed by atoms with Gasteiger partial charge < -0.3 is 15.7 Å². The summed E-state index contributed by atoms with van der Waals surface area (Å²) >= 11 is 1.79. The van der Waals surface area contributed by atoms with Crippen LogP contribution in [0.2, 0.25) is 0 Å². The molecule has 1 rings (SSSR count). The number of benzene rings is 1. The first-order chi connectivity index (χ1) is 8.51. The number of nitrogen functional groups attached to an aromatic ring is 1. The average molecular weight is 268 g/mol. The highest BCUT2D eigenvalue weighted by molar-refractivity contribution is 7.98. The van der Waals surface area contributed by atoms with Crippen LogP contribution in [0.1, 0.15) is 23.7 Å². The first kappa shape index (κ1) is 14.7. The molecule has 0 aliphatic rings. The zero-order chi connectivity index (χ0) is 13.7. The molecule has 0 radical (unpaired) electrons. The van der Waals surface area contributed by atoms with Crippen LogP contribution in [0, 0.1) is 0 Å². The van der Waals surface area contributed by atoms with Crippen molar-refractivity contribution in [1.82, 2.24) is 0 Å². The van der Waals surface area contributed by atoms with Crippen LogP contribution < -0.4 is 10.6 Å². The van der Waals surface area contributed by atoms with Gasteiger partial charge in [-0.25, -0.2) is 4.79 Å². The standard InChI is InChI=1S/C13H20N2O2S/c1-4-10(8-18-3)15(2)12-6-5-9(13(16)17)7-11(12)14/h5-7,10H,4,8,14H2,1-3H3,(H,16,17). The Morgan fingerprint density at radius 3 is 2.67 bits per heavy atom. The number of rotatable bonds is 6. The molecule has 0 aromatic heterocycles. The fourth-order valence-corrected chi connectivity index (χ4v) is 2.75. The maximum absolute atomic E-state index is 10.9. The van der Waals surface area contributed by atoms with E-state index >= 15 is 0 Å². The number of carboxylic acids is 1. The molecule has 0 heterocycles. The third-order valence-corrected chi connectivity index (χ3v) is 3.75. The van der Waals surface area contributed by atoms with Crippen molar-refractivity contribution in [2.45, 2.75) is 19.4 Å². The molecule has 1 aromatic carbocycles. The Balaban J connectivity index is 2.98. The van der Waals surface area contributed by atoms with Crippen molar-refractivity contribution in [3.05, 3.63) is 23.8 Å². The van der Waals surface area contributed by atoms with Crippen LogP contribution in [0.4, 0.5) is 11.4 Å². The Labute approximate surface area is 112 Å². The fourth-order valence-electron chi connectivity index (χ4n) is 1.90. The number of nitrogens with zero attached hydrogens (tertiary/aromatic N) is 1. The molecule has 5 heteroatoms. The SMILES string of the molecule is CCC(CSC)N(C)c1ccc(C(=O)O)cc1N. The van der Waals surface area contributed by atoms with Crippen molar-refractivity contribution >= 4 is 29.1 Å². The third-order valence-electron chi connectivity index (χ3n) is 3.03. The molecule has 0 saturated heterocycles. The lowest BCUT2D eigenvalue weighted by atomic mass is 10.1. The third kappa shape index (κ3) is 3.32. The van der Waals surface area contributed by atoms with Gasteiger partial charge in [0.2, 0.25) is 0 Å². The summed E-state index contributed by atoms with van der Waals surface area (Å²) in [5.41, 5.74) is 7.56. The number of carbonyl (C=O) groups is 1. The normalized spacial score (nSPS) is 12.2. The molecule has 0 aliphatic carbocycles. The zero-order valence-electron chi connectivity index (χ0n) is 11.0. The molecule has 3 N–H and O–H groups in total. The number of anilines is 2. The van der Waals surface area contributed by atoms with E-state index in [4.69, 9.17) is 10.8 Å². The van der Waals surface area contributed by atoms with Gasteiger partial charge >= 0.3 is 5.97 Å². The Bertz CT molecular complexity index is 423. The first-order valence-electron chi connectivity index (χ1n) is 5.85. The zero-order valence-corrected chi connectivity index (χ0v) is 11.8. The van der Waals surface area contributed by atoms with Crippen LogP contribution in [0.3, 0.4) is 0 Å². The molecule has 4 nitrogen and oxygen atoms in total. The highest BCUT2D eigenvalue weighted by atomic mass is 32.2. The van der Waals surface area contributed by atoms with E-state index in [0.717, 1.165) is 17.9 Å². The number of thioether (sulfide) groups is 1. The lowest BCUT2D eigenvalue weighted by Crippen LogP contribution is -2.33. The average Bonchev–Trinajstić information content (AvgIpc) is 2.34. The van der Waals surface area contributed by atoms with E-state index < -0.39 is 5.97 Å². The van der Waals surface area contributed by atoms with Gasteiger partial charge in [0.15, 0.2) is 0 Å². The summed E-state index contributed by atoms with van der Waals surface area (Å²) in [6.45, 7) is 2.14. The minimum atomic E-state index is -0.952. The molecule has 0 amide bonds. The van der Waals surface area contributed by atoms with E-state index in [1.165, 1.54) is 6.07 Å². The molecule has 0 spiro atoms. The van der Waals surface area contributed by atoms with Crippen molar-refractivity contribution in [1.29, 1.82) is 0 Å². The van der Waals surface area contributed by atoms with Crippen LogP contribution in [0.5, 0.6) is 0 Å². The molecular formula is C13H20N2O2S. The largest absolute Gasteiger partial charge is 0.478 e. The van der Waals surface area contributed by atoms with Crippen molar-refractivity contribution in [3.8, 4) is 0 Å². The van der Waals surface area contributed by atoms with E-state index in [9.17, 15) is 4.79 Å². The summed E-state index contributed by atoms with van der Waals surface area (Å²) in [5.74, 6) is 0.0692. The molecule has 100 valence electrons. The lowest BCUT2D eigenvalue weighted by Gasteiger charge is -2.30. The maximum Gasteiger partial charge on any atom is 0.335 e. The number of hydrogen-bond donors (Lipinski definition) is 2. The van der Waals surface area contributed by atoms with Crippen LogP contribution in [0.25, 0.3) is 0 Å². The molecule has 1 atom stereocenters. The van der Waals surface area contributed by atoms with Crippen molar-refractivity contribution in [3.63, 3.8) is 0 Å². The minimum absolute atomic E-state index is 0.225. The second-order valence-corrected chi connectivity index (χ2v) is 5.12. The van der Waals surface area contributed by atoms with Crippen molar-refractivity contribution < 1.29 is 9.90 Å². The Kier molecular flexibility index (Phi) is 5.34. The topological polar surface area (TPSA) is 66.6 Å². The highest BCUT2D eigenvalue weighted by Crippen LogP contribution is 2.26. The van der Waals surface area contributed by atoms with Gasteiger partial charge in [-0.3, -0.25) is 0 Å². The van der Waals surface area contributed by atoms with Crippen LogP contribution in [-0.2, 0) is 0 Å². The second-order valence-electron chi connectivity index (χ2n) is 4.21. The van der Waals surface area contributed by atoms with Gasteiger partial charge in [0.25, 0.3) is 0 Å². The van der Waals surface area contributed by atoms with E-state index in [1.807, 2.05) is 7.05 Å². The lowest BCUT2D eigenvalue weighted by molar-refractivity contribution is 0.0697. The summed E-state index contributed by atoms with van der Waals surface area (Å²) in [7, 11) is 2.00. The molecule has 0 saturated carbocycles. The Morgan fingerprint density at radius 2 is 2.22 bits per heavy atom. The van der Waals surface area contributed by atoms with Gasteiger partial charge in [-0.2, -0.15) is 11.8 Å². The maximum atomic E-state index is 10.9. The number of carboxylic acid groups (broad SMARTS) is 1. The van der Waals surface area contributed by atoms with Gasteiger partial charge in [0.05, 0.1) is 16.9 Å². The number of nitrogens with two attached hydrogens (primary N) is 1.